The third kappa shape index (κ3) is 6.31. The lowest BCUT2D eigenvalue weighted by Crippen LogP contribution is -2.29. The molecule has 0 atom stereocenters. The zero-order valence-corrected chi connectivity index (χ0v) is 15.8. The second kappa shape index (κ2) is 8.82. The molecule has 134 valence electrons. The molecule has 1 aromatic rings. The molecule has 7 heteroatoms. The lowest BCUT2D eigenvalue weighted by atomic mass is 9.96. The summed E-state index contributed by atoms with van der Waals surface area (Å²) >= 11 is 1.15. The van der Waals surface area contributed by atoms with E-state index in [2.05, 4.69) is 10.6 Å². The number of carbonyl (C=O) groups excluding carboxylic acids is 3. The summed E-state index contributed by atoms with van der Waals surface area (Å²) < 4.78 is 5.03. The van der Waals surface area contributed by atoms with Gasteiger partial charge in [-0.25, -0.2) is 4.79 Å². The number of aryl methyl sites for hydroxylation is 1. The summed E-state index contributed by atoms with van der Waals surface area (Å²) in [7, 11) is 0. The Bertz CT molecular complexity index is 602. The first-order valence-electron chi connectivity index (χ1n) is 8.00. The zero-order valence-electron chi connectivity index (χ0n) is 14.9. The van der Waals surface area contributed by atoms with Crippen molar-refractivity contribution in [3.8, 4) is 0 Å². The molecule has 1 rings (SSSR count). The number of amides is 2. The number of nitrogens with one attached hydrogen (secondary N) is 2. The highest BCUT2D eigenvalue weighted by Crippen LogP contribution is 2.28. The van der Waals surface area contributed by atoms with Crippen molar-refractivity contribution >= 4 is 34.1 Å². The topological polar surface area (TPSA) is 84.5 Å². The minimum atomic E-state index is -0.556. The molecule has 0 fully saturated rings. The summed E-state index contributed by atoms with van der Waals surface area (Å²) in [4.78, 5) is 36.0. The van der Waals surface area contributed by atoms with Crippen LogP contribution in [0.4, 0.5) is 5.00 Å². The summed E-state index contributed by atoms with van der Waals surface area (Å²) in [5, 5.41) is 6.06. The molecule has 6 nitrogen and oxygen atoms in total. The van der Waals surface area contributed by atoms with E-state index < -0.39 is 11.4 Å². The molecule has 0 bridgehead atoms. The van der Waals surface area contributed by atoms with Gasteiger partial charge in [0.05, 0.1) is 5.00 Å². The standard InChI is InChI=1S/C17H26N2O4S/c1-6-7-8-18-12(20)10-23-15(21)14-11(2)9-13(24-14)19-16(22)17(3,4)5/h9H,6-8,10H2,1-5H3,(H,18,20)(H,19,22). The Morgan fingerprint density at radius 2 is 1.92 bits per heavy atom. The largest absolute Gasteiger partial charge is 0.451 e. The molecule has 0 saturated carbocycles. The number of carbonyl (C=O) groups is 3. The first kappa shape index (κ1) is 20.2. The molecule has 1 heterocycles. The van der Waals surface area contributed by atoms with E-state index in [9.17, 15) is 14.4 Å². The minimum absolute atomic E-state index is 0.126. The van der Waals surface area contributed by atoms with Crippen LogP contribution in [-0.4, -0.2) is 30.9 Å². The van der Waals surface area contributed by atoms with Crippen LogP contribution >= 0.6 is 11.3 Å². The SMILES string of the molecule is CCCCNC(=O)COC(=O)c1sc(NC(=O)C(C)(C)C)cc1C. The molecule has 0 aliphatic carbocycles. The van der Waals surface area contributed by atoms with Gasteiger partial charge in [-0.3, -0.25) is 9.59 Å². The summed E-state index contributed by atoms with van der Waals surface area (Å²) in [6.45, 7) is 9.51. The molecule has 0 aromatic carbocycles. The summed E-state index contributed by atoms with van der Waals surface area (Å²) in [5.74, 6) is -0.995. The van der Waals surface area contributed by atoms with Gasteiger partial charge in [-0.15, -0.1) is 11.3 Å². The molecule has 0 unspecified atom stereocenters. The summed E-state index contributed by atoms with van der Waals surface area (Å²) in [6, 6.07) is 1.73. The van der Waals surface area contributed by atoms with E-state index in [0.29, 0.717) is 22.0 Å². The third-order valence-corrected chi connectivity index (χ3v) is 4.34. The second-order valence-electron chi connectivity index (χ2n) is 6.61. The number of anilines is 1. The lowest BCUT2D eigenvalue weighted by Gasteiger charge is -2.16. The number of esters is 1. The maximum absolute atomic E-state index is 12.1. The van der Waals surface area contributed by atoms with Gasteiger partial charge in [0, 0.05) is 12.0 Å². The monoisotopic (exact) mass is 354 g/mol. The maximum atomic E-state index is 12.1. The van der Waals surface area contributed by atoms with Gasteiger partial charge < -0.3 is 15.4 Å². The van der Waals surface area contributed by atoms with Crippen molar-refractivity contribution in [2.24, 2.45) is 5.41 Å². The van der Waals surface area contributed by atoms with E-state index in [4.69, 9.17) is 4.74 Å². The van der Waals surface area contributed by atoms with Gasteiger partial charge in [0.2, 0.25) is 5.91 Å². The molecular formula is C17H26N2O4S. The first-order valence-corrected chi connectivity index (χ1v) is 8.82. The zero-order chi connectivity index (χ0) is 18.3. The number of hydrogen-bond acceptors (Lipinski definition) is 5. The van der Waals surface area contributed by atoms with E-state index in [-0.39, 0.29) is 18.4 Å². The van der Waals surface area contributed by atoms with E-state index in [1.54, 1.807) is 13.0 Å². The van der Waals surface area contributed by atoms with Gasteiger partial charge in [-0.1, -0.05) is 34.1 Å². The molecule has 0 radical (unpaired) electrons. The number of hydrogen-bond donors (Lipinski definition) is 2. The normalized spacial score (nSPS) is 11.0. The highest BCUT2D eigenvalue weighted by atomic mass is 32.1. The van der Waals surface area contributed by atoms with Crippen LogP contribution in [0.25, 0.3) is 0 Å². The molecule has 0 saturated heterocycles. The smallest absolute Gasteiger partial charge is 0.349 e. The van der Waals surface area contributed by atoms with Gasteiger partial charge in [-0.2, -0.15) is 0 Å². The van der Waals surface area contributed by atoms with Crippen molar-refractivity contribution in [2.45, 2.75) is 47.5 Å². The molecule has 24 heavy (non-hydrogen) atoms. The first-order chi connectivity index (χ1) is 11.1. The van der Waals surface area contributed by atoms with Crippen LogP contribution < -0.4 is 10.6 Å². The Labute approximate surface area is 147 Å². The molecule has 0 aliphatic heterocycles. The Kier molecular flexibility index (Phi) is 7.41. The van der Waals surface area contributed by atoms with Crippen LogP contribution in [0.1, 0.15) is 55.8 Å². The van der Waals surface area contributed by atoms with E-state index in [1.165, 1.54) is 0 Å². The van der Waals surface area contributed by atoms with Crippen molar-refractivity contribution in [2.75, 3.05) is 18.5 Å². The fourth-order valence-electron chi connectivity index (χ4n) is 1.70. The number of thiophene rings is 1. The number of ether oxygens (including phenoxy) is 1. The van der Waals surface area contributed by atoms with Crippen LogP contribution in [0.15, 0.2) is 6.07 Å². The average molecular weight is 354 g/mol. The predicted octanol–water partition coefficient (Wildman–Crippen LogP) is 3.11. The van der Waals surface area contributed by atoms with Crippen molar-refractivity contribution in [3.63, 3.8) is 0 Å². The minimum Gasteiger partial charge on any atom is -0.451 e. The maximum Gasteiger partial charge on any atom is 0.349 e. The van der Waals surface area contributed by atoms with Gasteiger partial charge in [0.25, 0.3) is 5.91 Å². The Morgan fingerprint density at radius 1 is 1.25 bits per heavy atom. The summed E-state index contributed by atoms with van der Waals surface area (Å²) in [5.41, 5.74) is 0.190. The second-order valence-corrected chi connectivity index (χ2v) is 7.66. The fourth-order valence-corrected chi connectivity index (χ4v) is 2.66. The number of rotatable bonds is 7. The van der Waals surface area contributed by atoms with Crippen molar-refractivity contribution in [1.82, 2.24) is 5.32 Å². The van der Waals surface area contributed by atoms with Gasteiger partial charge in [0.1, 0.15) is 4.88 Å². The van der Waals surface area contributed by atoms with E-state index in [0.717, 1.165) is 24.2 Å². The lowest BCUT2D eigenvalue weighted by molar-refractivity contribution is -0.124. The number of unbranched alkanes of at least 4 members (excludes halogenated alkanes) is 1. The van der Waals surface area contributed by atoms with Crippen LogP contribution in [0, 0.1) is 12.3 Å². The van der Waals surface area contributed by atoms with E-state index in [1.807, 2.05) is 27.7 Å². The van der Waals surface area contributed by atoms with Crippen LogP contribution in [0.5, 0.6) is 0 Å². The quantitative estimate of drug-likeness (QED) is 0.582. The van der Waals surface area contributed by atoms with Gasteiger partial charge >= 0.3 is 5.97 Å². The van der Waals surface area contributed by atoms with Gasteiger partial charge in [-0.05, 0) is 25.0 Å². The van der Waals surface area contributed by atoms with Crippen LogP contribution in [-0.2, 0) is 14.3 Å². The van der Waals surface area contributed by atoms with E-state index >= 15 is 0 Å². The molecule has 2 amide bonds. The van der Waals surface area contributed by atoms with Gasteiger partial charge in [0.15, 0.2) is 6.61 Å². The fraction of sp³-hybridized carbons (Fsp3) is 0.588. The Balaban J connectivity index is 2.59. The molecule has 0 aliphatic rings. The van der Waals surface area contributed by atoms with Crippen LogP contribution in [0.2, 0.25) is 0 Å². The molecule has 1 aromatic heterocycles. The molecule has 2 N–H and O–H groups in total. The highest BCUT2D eigenvalue weighted by molar-refractivity contribution is 7.18. The van der Waals surface area contributed by atoms with Crippen LogP contribution in [0.3, 0.4) is 0 Å². The van der Waals surface area contributed by atoms with Crippen molar-refractivity contribution in [1.29, 1.82) is 0 Å². The molecule has 0 spiro atoms. The molecular weight excluding hydrogens is 328 g/mol. The Hall–Kier alpha value is -1.89. The summed E-state index contributed by atoms with van der Waals surface area (Å²) in [6.07, 6.45) is 1.87. The highest BCUT2D eigenvalue weighted by Gasteiger charge is 2.23. The Morgan fingerprint density at radius 3 is 2.50 bits per heavy atom. The average Bonchev–Trinajstić information content (AvgIpc) is 2.84. The van der Waals surface area contributed by atoms with Crippen molar-refractivity contribution in [3.05, 3.63) is 16.5 Å². The van der Waals surface area contributed by atoms with Crippen molar-refractivity contribution < 1.29 is 19.1 Å². The third-order valence-electron chi connectivity index (χ3n) is 3.21. The predicted molar refractivity (Wildman–Crippen MR) is 95.3 cm³/mol.